The molecule has 0 saturated carbocycles. The molecule has 0 bridgehead atoms. The van der Waals surface area contributed by atoms with Gasteiger partial charge >= 0.3 is 0 Å². The van der Waals surface area contributed by atoms with E-state index in [2.05, 4.69) is 25.2 Å². The Balaban J connectivity index is 1.53. The van der Waals surface area contributed by atoms with Crippen molar-refractivity contribution >= 4 is 34.4 Å². The number of aromatic nitrogens is 6. The minimum atomic E-state index is 0.515. The third-order valence-corrected chi connectivity index (χ3v) is 4.64. The average Bonchev–Trinajstić information content (AvgIpc) is 3.21. The van der Waals surface area contributed by atoms with Crippen molar-refractivity contribution in [2.75, 3.05) is 0 Å². The van der Waals surface area contributed by atoms with Crippen molar-refractivity contribution in [3.8, 4) is 11.4 Å². The standard InChI is InChI=1S/C15H11ClN6OS/c1-22-14-11(6-19-22)15(18-8-17-14)24-7-12-20-13(21-23-12)9-2-4-10(16)5-3-9/h2-6,8H,7H2,1H3. The molecule has 0 aliphatic rings. The van der Waals surface area contributed by atoms with Crippen LogP contribution >= 0.6 is 23.4 Å². The number of rotatable bonds is 4. The predicted molar refractivity (Wildman–Crippen MR) is 90.6 cm³/mol. The maximum absolute atomic E-state index is 5.88. The number of thioether (sulfide) groups is 1. The zero-order valence-corrected chi connectivity index (χ0v) is 14.1. The van der Waals surface area contributed by atoms with Crippen LogP contribution in [0.4, 0.5) is 0 Å². The SMILES string of the molecule is Cn1ncc2c(SCc3nc(-c4ccc(Cl)cc4)no3)ncnc21. The van der Waals surface area contributed by atoms with Crippen LogP contribution < -0.4 is 0 Å². The van der Waals surface area contributed by atoms with Crippen LogP contribution in [-0.4, -0.2) is 29.9 Å². The van der Waals surface area contributed by atoms with Gasteiger partial charge in [0.25, 0.3) is 0 Å². The van der Waals surface area contributed by atoms with Crippen LogP contribution in [-0.2, 0) is 12.8 Å². The minimum absolute atomic E-state index is 0.515. The number of hydrogen-bond donors (Lipinski definition) is 0. The molecule has 4 rings (SSSR count). The van der Waals surface area contributed by atoms with Gasteiger partial charge < -0.3 is 4.52 Å². The van der Waals surface area contributed by atoms with Crippen LogP contribution in [0.3, 0.4) is 0 Å². The molecule has 0 saturated heterocycles. The Morgan fingerprint density at radius 3 is 2.88 bits per heavy atom. The maximum Gasteiger partial charge on any atom is 0.237 e. The van der Waals surface area contributed by atoms with Gasteiger partial charge in [-0.15, -0.1) is 0 Å². The first-order chi connectivity index (χ1) is 11.7. The fraction of sp³-hybridized carbons (Fsp3) is 0.133. The van der Waals surface area contributed by atoms with Gasteiger partial charge in [-0.05, 0) is 24.3 Å². The smallest absolute Gasteiger partial charge is 0.237 e. The fourth-order valence-electron chi connectivity index (χ4n) is 2.22. The lowest BCUT2D eigenvalue weighted by Gasteiger charge is -1.99. The van der Waals surface area contributed by atoms with Crippen molar-refractivity contribution in [3.63, 3.8) is 0 Å². The molecule has 0 N–H and O–H groups in total. The van der Waals surface area contributed by atoms with Gasteiger partial charge in [-0.25, -0.2) is 9.97 Å². The van der Waals surface area contributed by atoms with Crippen molar-refractivity contribution in [1.29, 1.82) is 0 Å². The largest absolute Gasteiger partial charge is 0.338 e. The number of benzene rings is 1. The lowest BCUT2D eigenvalue weighted by atomic mass is 10.2. The van der Waals surface area contributed by atoms with E-state index in [9.17, 15) is 0 Å². The van der Waals surface area contributed by atoms with Crippen LogP contribution in [0.2, 0.25) is 5.02 Å². The summed E-state index contributed by atoms with van der Waals surface area (Å²) in [6, 6.07) is 7.30. The predicted octanol–water partition coefficient (Wildman–Crippen LogP) is 3.36. The molecule has 9 heteroatoms. The lowest BCUT2D eigenvalue weighted by molar-refractivity contribution is 0.391. The second kappa shape index (κ2) is 6.21. The van der Waals surface area contributed by atoms with Crippen LogP contribution in [0.5, 0.6) is 0 Å². The number of aryl methyl sites for hydroxylation is 1. The molecule has 0 aliphatic heterocycles. The van der Waals surface area contributed by atoms with E-state index in [4.69, 9.17) is 16.1 Å². The van der Waals surface area contributed by atoms with Gasteiger partial charge in [0, 0.05) is 17.6 Å². The second-order valence-electron chi connectivity index (χ2n) is 4.99. The summed E-state index contributed by atoms with van der Waals surface area (Å²) < 4.78 is 7.02. The van der Waals surface area contributed by atoms with E-state index in [0.717, 1.165) is 21.6 Å². The monoisotopic (exact) mass is 358 g/mol. The highest BCUT2D eigenvalue weighted by molar-refractivity contribution is 7.98. The second-order valence-corrected chi connectivity index (χ2v) is 6.39. The average molecular weight is 359 g/mol. The topological polar surface area (TPSA) is 82.5 Å². The molecule has 0 atom stereocenters. The van der Waals surface area contributed by atoms with E-state index >= 15 is 0 Å². The van der Waals surface area contributed by atoms with Crippen LogP contribution in [0.25, 0.3) is 22.4 Å². The summed E-state index contributed by atoms with van der Waals surface area (Å²) in [4.78, 5) is 12.9. The third-order valence-electron chi connectivity index (χ3n) is 3.40. The Labute approximate surface area is 146 Å². The highest BCUT2D eigenvalue weighted by Gasteiger charge is 2.12. The van der Waals surface area contributed by atoms with Gasteiger partial charge in [0.2, 0.25) is 11.7 Å². The quantitative estimate of drug-likeness (QED) is 0.408. The molecule has 0 amide bonds. The summed E-state index contributed by atoms with van der Waals surface area (Å²) >= 11 is 7.39. The molecule has 4 aromatic rings. The Hall–Kier alpha value is -2.45. The van der Waals surface area contributed by atoms with E-state index in [1.807, 2.05) is 19.2 Å². The molecule has 0 aliphatic carbocycles. The van der Waals surface area contributed by atoms with Gasteiger partial charge in [-0.1, -0.05) is 28.5 Å². The Morgan fingerprint density at radius 1 is 1.21 bits per heavy atom. The molecule has 24 heavy (non-hydrogen) atoms. The summed E-state index contributed by atoms with van der Waals surface area (Å²) in [7, 11) is 1.85. The van der Waals surface area contributed by atoms with Crippen molar-refractivity contribution in [1.82, 2.24) is 29.9 Å². The molecule has 0 radical (unpaired) electrons. The van der Waals surface area contributed by atoms with Crippen LogP contribution in [0, 0.1) is 0 Å². The summed E-state index contributed by atoms with van der Waals surface area (Å²) in [5.74, 6) is 1.58. The highest BCUT2D eigenvalue weighted by Crippen LogP contribution is 2.27. The van der Waals surface area contributed by atoms with E-state index < -0.39 is 0 Å². The van der Waals surface area contributed by atoms with Crippen LogP contribution in [0.1, 0.15) is 5.89 Å². The van der Waals surface area contributed by atoms with E-state index in [0.29, 0.717) is 22.5 Å². The molecule has 7 nitrogen and oxygen atoms in total. The van der Waals surface area contributed by atoms with Gasteiger partial charge in [-0.2, -0.15) is 10.1 Å². The van der Waals surface area contributed by atoms with Gasteiger partial charge in [0.05, 0.1) is 17.3 Å². The first kappa shape index (κ1) is 15.1. The van der Waals surface area contributed by atoms with Crippen molar-refractivity contribution in [3.05, 3.63) is 47.7 Å². The Kier molecular flexibility index (Phi) is 3.91. The molecule has 0 spiro atoms. The number of halogens is 1. The summed E-state index contributed by atoms with van der Waals surface area (Å²) in [5, 5.41) is 10.6. The van der Waals surface area contributed by atoms with Crippen molar-refractivity contribution in [2.45, 2.75) is 10.8 Å². The van der Waals surface area contributed by atoms with Crippen molar-refractivity contribution < 1.29 is 4.52 Å². The summed E-state index contributed by atoms with van der Waals surface area (Å²) in [6.07, 6.45) is 3.28. The van der Waals surface area contributed by atoms with E-state index in [1.54, 1.807) is 23.0 Å². The molecular formula is C15H11ClN6OS. The Bertz CT molecular complexity index is 997. The Morgan fingerprint density at radius 2 is 2.04 bits per heavy atom. The molecule has 3 aromatic heterocycles. The highest BCUT2D eigenvalue weighted by atomic mass is 35.5. The van der Waals surface area contributed by atoms with E-state index in [-0.39, 0.29) is 0 Å². The fourth-order valence-corrected chi connectivity index (χ4v) is 3.14. The summed E-state index contributed by atoms with van der Waals surface area (Å²) in [6.45, 7) is 0. The molecule has 0 fully saturated rings. The zero-order valence-electron chi connectivity index (χ0n) is 12.5. The van der Waals surface area contributed by atoms with E-state index in [1.165, 1.54) is 18.1 Å². The third kappa shape index (κ3) is 2.85. The van der Waals surface area contributed by atoms with Gasteiger partial charge in [0.15, 0.2) is 5.65 Å². The number of hydrogen-bond acceptors (Lipinski definition) is 7. The van der Waals surface area contributed by atoms with Gasteiger partial charge in [-0.3, -0.25) is 4.68 Å². The maximum atomic E-state index is 5.88. The normalized spacial score (nSPS) is 11.2. The molecular weight excluding hydrogens is 348 g/mol. The first-order valence-electron chi connectivity index (χ1n) is 7.05. The lowest BCUT2D eigenvalue weighted by Crippen LogP contribution is -1.93. The van der Waals surface area contributed by atoms with Crippen LogP contribution in [0.15, 0.2) is 46.3 Å². The number of nitrogens with zero attached hydrogens (tertiary/aromatic N) is 6. The van der Waals surface area contributed by atoms with Gasteiger partial charge in [0.1, 0.15) is 11.4 Å². The number of fused-ring (bicyclic) bond motifs is 1. The summed E-state index contributed by atoms with van der Waals surface area (Å²) in [5.41, 5.74) is 1.65. The molecule has 3 heterocycles. The molecule has 120 valence electrons. The zero-order chi connectivity index (χ0) is 16.5. The van der Waals surface area contributed by atoms with Crippen molar-refractivity contribution in [2.24, 2.45) is 7.05 Å². The first-order valence-corrected chi connectivity index (χ1v) is 8.41. The molecule has 1 aromatic carbocycles. The molecule has 0 unspecified atom stereocenters. The minimum Gasteiger partial charge on any atom is -0.338 e.